The van der Waals surface area contributed by atoms with Crippen LogP contribution in [0.3, 0.4) is 0 Å². The van der Waals surface area contributed by atoms with Crippen LogP contribution >= 0.6 is 0 Å². The largest absolute Gasteiger partial charge is 0.494 e. The van der Waals surface area contributed by atoms with Crippen LogP contribution in [0.5, 0.6) is 5.75 Å². The van der Waals surface area contributed by atoms with E-state index < -0.39 is 10.0 Å². The number of sulfonamides is 1. The Hall–Kier alpha value is -2.77. The van der Waals surface area contributed by atoms with E-state index >= 15 is 0 Å². The van der Waals surface area contributed by atoms with Gasteiger partial charge in [0.2, 0.25) is 12.0 Å². The molecule has 8 nitrogen and oxygen atoms in total. The molecule has 0 saturated heterocycles. The van der Waals surface area contributed by atoms with Gasteiger partial charge in [-0.15, -0.1) is 0 Å². The molecular formula is C12H10N4O4S. The number of benzene rings is 1. The molecule has 1 N–H and O–H groups in total. The van der Waals surface area contributed by atoms with E-state index in [0.29, 0.717) is 11.4 Å². The van der Waals surface area contributed by atoms with E-state index in [1.807, 2.05) is 0 Å². The maximum atomic E-state index is 12.1. The maximum Gasteiger partial charge on any atom is 0.264 e. The number of hydrogen-bond donors (Lipinski definition) is 1. The summed E-state index contributed by atoms with van der Waals surface area (Å²) in [5.41, 5.74) is 0.310. The Morgan fingerprint density at radius 1 is 1.19 bits per heavy atom. The maximum absolute atomic E-state index is 12.1. The van der Waals surface area contributed by atoms with Crippen molar-refractivity contribution in [1.82, 2.24) is 9.97 Å². The third kappa shape index (κ3) is 3.62. The molecule has 0 unspecified atom stereocenters. The number of nitrogens with zero attached hydrogens (tertiary/aromatic N) is 3. The van der Waals surface area contributed by atoms with E-state index in [1.54, 1.807) is 0 Å². The summed E-state index contributed by atoms with van der Waals surface area (Å²) in [5.74, 6) is 0.333. The van der Waals surface area contributed by atoms with Crippen molar-refractivity contribution in [3.63, 3.8) is 0 Å². The van der Waals surface area contributed by atoms with Crippen LogP contribution in [-0.2, 0) is 14.8 Å². The van der Waals surface area contributed by atoms with Gasteiger partial charge in [-0.1, -0.05) is 0 Å². The average Bonchev–Trinajstić information content (AvgIpc) is 2.48. The van der Waals surface area contributed by atoms with Crippen LogP contribution in [-0.4, -0.2) is 31.6 Å². The number of anilines is 1. The van der Waals surface area contributed by atoms with E-state index in [1.165, 1.54) is 49.8 Å². The van der Waals surface area contributed by atoms with E-state index in [-0.39, 0.29) is 10.8 Å². The highest BCUT2D eigenvalue weighted by atomic mass is 32.2. The molecule has 0 atom stereocenters. The summed E-state index contributed by atoms with van der Waals surface area (Å²) in [6.07, 6.45) is 4.05. The quantitative estimate of drug-likeness (QED) is 0.657. The normalized spacial score (nSPS) is 10.5. The molecule has 0 saturated carbocycles. The molecule has 9 heteroatoms. The summed E-state index contributed by atoms with van der Waals surface area (Å²) >= 11 is 0. The number of isocyanates is 1. The molecule has 1 aromatic carbocycles. The van der Waals surface area contributed by atoms with Gasteiger partial charge in [-0.3, -0.25) is 0 Å². The SMILES string of the molecule is COc1cnc(NS(=O)(=O)c2ccc(N=C=O)cc2)nc1. The Morgan fingerprint density at radius 3 is 2.33 bits per heavy atom. The van der Waals surface area contributed by atoms with Gasteiger partial charge in [0.1, 0.15) is 0 Å². The van der Waals surface area contributed by atoms with Crippen molar-refractivity contribution in [2.75, 3.05) is 11.8 Å². The van der Waals surface area contributed by atoms with Gasteiger partial charge >= 0.3 is 0 Å². The smallest absolute Gasteiger partial charge is 0.264 e. The Bertz CT molecular complexity index is 766. The third-order valence-corrected chi connectivity index (χ3v) is 3.76. The number of nitrogens with one attached hydrogen (secondary N) is 1. The van der Waals surface area contributed by atoms with Crippen LogP contribution in [0.2, 0.25) is 0 Å². The molecule has 0 spiro atoms. The number of hydrogen-bond acceptors (Lipinski definition) is 7. The molecular weight excluding hydrogens is 296 g/mol. The molecule has 0 aliphatic carbocycles. The number of ether oxygens (including phenoxy) is 1. The number of aromatic nitrogens is 2. The molecule has 21 heavy (non-hydrogen) atoms. The van der Waals surface area contributed by atoms with Crippen LogP contribution < -0.4 is 9.46 Å². The van der Waals surface area contributed by atoms with Gasteiger partial charge in [-0.25, -0.2) is 27.9 Å². The zero-order valence-electron chi connectivity index (χ0n) is 10.8. The van der Waals surface area contributed by atoms with Crippen molar-refractivity contribution in [3.8, 4) is 5.75 Å². The summed E-state index contributed by atoms with van der Waals surface area (Å²) < 4.78 is 31.3. The topological polar surface area (TPSA) is 111 Å². The predicted molar refractivity (Wildman–Crippen MR) is 73.6 cm³/mol. The van der Waals surface area contributed by atoms with Crippen LogP contribution in [0.4, 0.5) is 11.6 Å². The minimum Gasteiger partial charge on any atom is -0.494 e. The monoisotopic (exact) mass is 306 g/mol. The molecule has 0 aliphatic rings. The minimum atomic E-state index is -3.82. The van der Waals surface area contributed by atoms with Gasteiger partial charge in [0, 0.05) is 0 Å². The molecule has 2 rings (SSSR count). The lowest BCUT2D eigenvalue weighted by atomic mass is 10.3. The average molecular weight is 306 g/mol. The first-order chi connectivity index (χ1) is 10.0. The second kappa shape index (κ2) is 6.12. The third-order valence-electron chi connectivity index (χ3n) is 2.41. The Balaban J connectivity index is 2.22. The molecule has 0 bridgehead atoms. The molecule has 0 amide bonds. The molecule has 108 valence electrons. The predicted octanol–water partition coefficient (Wildman–Crippen LogP) is 1.25. The lowest BCUT2D eigenvalue weighted by Crippen LogP contribution is -2.14. The van der Waals surface area contributed by atoms with Crippen molar-refractivity contribution in [2.45, 2.75) is 4.90 Å². The number of methoxy groups -OCH3 is 1. The second-order valence-electron chi connectivity index (χ2n) is 3.75. The zero-order valence-corrected chi connectivity index (χ0v) is 11.7. The highest BCUT2D eigenvalue weighted by Crippen LogP contribution is 2.18. The molecule has 0 radical (unpaired) electrons. The number of carbonyl (C=O) groups excluding carboxylic acids is 1. The molecule has 0 aliphatic heterocycles. The first kappa shape index (κ1) is 14.6. The van der Waals surface area contributed by atoms with Crippen molar-refractivity contribution in [1.29, 1.82) is 0 Å². The molecule has 1 heterocycles. The van der Waals surface area contributed by atoms with E-state index in [2.05, 4.69) is 19.7 Å². The van der Waals surface area contributed by atoms with Gasteiger partial charge in [0.15, 0.2) is 5.75 Å². The van der Waals surface area contributed by atoms with Crippen LogP contribution in [0.15, 0.2) is 46.5 Å². The fraction of sp³-hybridized carbons (Fsp3) is 0.0833. The van der Waals surface area contributed by atoms with E-state index in [0.717, 1.165) is 0 Å². The van der Waals surface area contributed by atoms with E-state index in [9.17, 15) is 13.2 Å². The summed E-state index contributed by atoms with van der Waals surface area (Å²) in [7, 11) is -2.37. The fourth-order valence-electron chi connectivity index (χ4n) is 1.41. The van der Waals surface area contributed by atoms with Crippen molar-refractivity contribution >= 4 is 27.7 Å². The van der Waals surface area contributed by atoms with Crippen molar-refractivity contribution < 1.29 is 17.9 Å². The van der Waals surface area contributed by atoms with Gasteiger partial charge in [0.05, 0.1) is 30.1 Å². The van der Waals surface area contributed by atoms with Crippen molar-refractivity contribution in [2.24, 2.45) is 4.99 Å². The second-order valence-corrected chi connectivity index (χ2v) is 5.43. The Kier molecular flexibility index (Phi) is 4.27. The van der Waals surface area contributed by atoms with Gasteiger partial charge in [0.25, 0.3) is 10.0 Å². The fourth-order valence-corrected chi connectivity index (χ4v) is 2.36. The molecule has 0 fully saturated rings. The molecule has 1 aromatic heterocycles. The lowest BCUT2D eigenvalue weighted by Gasteiger charge is -2.06. The summed E-state index contributed by atoms with van der Waals surface area (Å²) in [5, 5.41) is 0. The zero-order chi connectivity index (χ0) is 15.3. The van der Waals surface area contributed by atoms with Crippen molar-refractivity contribution in [3.05, 3.63) is 36.7 Å². The Morgan fingerprint density at radius 2 is 1.81 bits per heavy atom. The van der Waals surface area contributed by atoms with Gasteiger partial charge < -0.3 is 4.74 Å². The lowest BCUT2D eigenvalue weighted by molar-refractivity contribution is 0.411. The minimum absolute atomic E-state index is 0.00762. The summed E-state index contributed by atoms with van der Waals surface area (Å²) in [4.78, 5) is 21.1. The first-order valence-corrected chi connectivity index (χ1v) is 7.10. The standard InChI is InChI=1S/C12H10N4O4S/c1-20-10-6-13-12(14-7-10)16-21(18,19)11-4-2-9(3-5-11)15-8-17/h2-7H,1H3,(H,13,14,16). The van der Waals surface area contributed by atoms with Crippen LogP contribution in [0.25, 0.3) is 0 Å². The summed E-state index contributed by atoms with van der Waals surface area (Å²) in [6.45, 7) is 0. The van der Waals surface area contributed by atoms with Crippen LogP contribution in [0, 0.1) is 0 Å². The van der Waals surface area contributed by atoms with Crippen LogP contribution in [0.1, 0.15) is 0 Å². The number of rotatable bonds is 5. The van der Waals surface area contributed by atoms with Gasteiger partial charge in [-0.2, -0.15) is 4.99 Å². The van der Waals surface area contributed by atoms with E-state index in [4.69, 9.17) is 4.74 Å². The highest BCUT2D eigenvalue weighted by molar-refractivity contribution is 7.92. The van der Waals surface area contributed by atoms with Gasteiger partial charge in [-0.05, 0) is 24.3 Å². The first-order valence-electron chi connectivity index (χ1n) is 5.62. The Labute approximate surface area is 120 Å². The highest BCUT2D eigenvalue weighted by Gasteiger charge is 2.15. The molecule has 2 aromatic rings. The number of aliphatic imine (C=N–C) groups is 1. The summed E-state index contributed by atoms with van der Waals surface area (Å²) in [6, 6.07) is 5.38.